The summed E-state index contributed by atoms with van der Waals surface area (Å²) in [5.41, 5.74) is 2.16. The minimum absolute atomic E-state index is 0.00709. The van der Waals surface area contributed by atoms with Gasteiger partial charge in [0.25, 0.3) is 0 Å². The van der Waals surface area contributed by atoms with E-state index in [1.165, 1.54) is 0 Å². The zero-order valence-corrected chi connectivity index (χ0v) is 13.8. The first kappa shape index (κ1) is 15.6. The number of rotatable bonds is 3. The second-order valence-electron chi connectivity index (χ2n) is 5.87. The van der Waals surface area contributed by atoms with E-state index >= 15 is 0 Å². The van der Waals surface area contributed by atoms with Crippen LogP contribution in [0.25, 0.3) is 11.3 Å². The summed E-state index contributed by atoms with van der Waals surface area (Å²) in [4.78, 5) is 13.9. The molecule has 0 aliphatic heterocycles. The van der Waals surface area contributed by atoms with Gasteiger partial charge in [-0.3, -0.25) is 9.48 Å². The molecule has 0 saturated heterocycles. The fourth-order valence-electron chi connectivity index (χ4n) is 2.28. The molecule has 1 aromatic carbocycles. The van der Waals surface area contributed by atoms with Crippen molar-refractivity contribution in [3.05, 3.63) is 41.0 Å². The van der Waals surface area contributed by atoms with Gasteiger partial charge in [0.05, 0.1) is 5.69 Å². The Morgan fingerprint density at radius 2 is 1.81 bits per heavy atom. The molecule has 112 valence electrons. The standard InChI is InChI=1S/C16H20ClN3O/c1-11-10-20(16(2,3)15(21)19(4)5)18-14(11)12-6-8-13(17)9-7-12/h6-10H,1-5H3. The number of amides is 1. The van der Waals surface area contributed by atoms with Gasteiger partial charge < -0.3 is 4.90 Å². The average molecular weight is 306 g/mol. The Labute approximate surface area is 130 Å². The van der Waals surface area contributed by atoms with Crippen LogP contribution in [0.4, 0.5) is 0 Å². The van der Waals surface area contributed by atoms with E-state index < -0.39 is 5.54 Å². The molecule has 0 spiro atoms. The molecule has 4 nitrogen and oxygen atoms in total. The number of benzene rings is 1. The molecule has 0 N–H and O–H groups in total. The second kappa shape index (κ2) is 5.53. The van der Waals surface area contributed by atoms with E-state index in [0.717, 1.165) is 16.8 Å². The minimum atomic E-state index is -0.723. The van der Waals surface area contributed by atoms with Crippen molar-refractivity contribution >= 4 is 17.5 Å². The third-order valence-corrected chi connectivity index (χ3v) is 3.77. The number of hydrogen-bond acceptors (Lipinski definition) is 2. The maximum absolute atomic E-state index is 12.3. The fourth-order valence-corrected chi connectivity index (χ4v) is 2.41. The van der Waals surface area contributed by atoms with Crippen LogP contribution in [0.15, 0.2) is 30.5 Å². The van der Waals surface area contributed by atoms with Crippen molar-refractivity contribution in [2.45, 2.75) is 26.3 Å². The minimum Gasteiger partial charge on any atom is -0.347 e. The smallest absolute Gasteiger partial charge is 0.249 e. The van der Waals surface area contributed by atoms with Gasteiger partial charge in [-0.15, -0.1) is 0 Å². The first-order valence-electron chi connectivity index (χ1n) is 6.78. The van der Waals surface area contributed by atoms with Gasteiger partial charge in [-0.1, -0.05) is 23.7 Å². The van der Waals surface area contributed by atoms with Gasteiger partial charge in [-0.25, -0.2) is 0 Å². The predicted molar refractivity (Wildman–Crippen MR) is 85.4 cm³/mol. The maximum Gasteiger partial charge on any atom is 0.249 e. The Bertz CT molecular complexity index is 657. The first-order chi connectivity index (χ1) is 9.73. The van der Waals surface area contributed by atoms with Gasteiger partial charge in [0, 0.05) is 30.9 Å². The Balaban J connectivity index is 2.44. The number of nitrogens with zero attached hydrogens (tertiary/aromatic N) is 3. The van der Waals surface area contributed by atoms with Crippen LogP contribution in [0.5, 0.6) is 0 Å². The highest BCUT2D eigenvalue weighted by Crippen LogP contribution is 2.26. The lowest BCUT2D eigenvalue weighted by atomic mass is 10.0. The van der Waals surface area contributed by atoms with Crippen molar-refractivity contribution in [2.24, 2.45) is 0 Å². The number of carbonyl (C=O) groups is 1. The van der Waals surface area contributed by atoms with Crippen LogP contribution in [-0.2, 0) is 10.3 Å². The molecule has 2 rings (SSSR count). The van der Waals surface area contributed by atoms with E-state index in [-0.39, 0.29) is 5.91 Å². The number of aryl methyl sites for hydroxylation is 1. The maximum atomic E-state index is 12.3. The van der Waals surface area contributed by atoms with Crippen molar-refractivity contribution in [1.82, 2.24) is 14.7 Å². The summed E-state index contributed by atoms with van der Waals surface area (Å²) < 4.78 is 1.73. The molecule has 1 heterocycles. The molecule has 1 aromatic heterocycles. The summed E-state index contributed by atoms with van der Waals surface area (Å²) in [5, 5.41) is 5.30. The van der Waals surface area contributed by atoms with Crippen molar-refractivity contribution in [3.8, 4) is 11.3 Å². The number of aromatic nitrogens is 2. The summed E-state index contributed by atoms with van der Waals surface area (Å²) in [7, 11) is 3.50. The zero-order chi connectivity index (χ0) is 15.8. The number of carbonyl (C=O) groups excluding carboxylic acids is 1. The van der Waals surface area contributed by atoms with E-state index in [4.69, 9.17) is 11.6 Å². The molecule has 0 aliphatic carbocycles. The molecule has 0 atom stereocenters. The summed E-state index contributed by atoms with van der Waals surface area (Å²) in [6.45, 7) is 5.73. The number of hydrogen-bond donors (Lipinski definition) is 0. The Hall–Kier alpha value is -1.81. The third-order valence-electron chi connectivity index (χ3n) is 3.52. The predicted octanol–water partition coefficient (Wildman–Crippen LogP) is 3.34. The molecule has 5 heteroatoms. The lowest BCUT2D eigenvalue weighted by Gasteiger charge is -2.27. The number of halogens is 1. The second-order valence-corrected chi connectivity index (χ2v) is 6.31. The SMILES string of the molecule is Cc1cn(C(C)(C)C(=O)N(C)C)nc1-c1ccc(Cl)cc1. The molecule has 0 unspecified atom stereocenters. The average Bonchev–Trinajstić information content (AvgIpc) is 2.81. The molecule has 0 fully saturated rings. The summed E-state index contributed by atoms with van der Waals surface area (Å²) in [5.74, 6) is 0.00709. The Morgan fingerprint density at radius 3 is 2.33 bits per heavy atom. The summed E-state index contributed by atoms with van der Waals surface area (Å²) >= 11 is 5.92. The van der Waals surface area contributed by atoms with Crippen molar-refractivity contribution in [1.29, 1.82) is 0 Å². The normalized spacial score (nSPS) is 11.5. The van der Waals surface area contributed by atoms with E-state index in [1.54, 1.807) is 23.7 Å². The molecule has 0 bridgehead atoms. The highest BCUT2D eigenvalue weighted by Gasteiger charge is 2.32. The molecule has 0 aliphatic rings. The molecule has 1 amide bonds. The molecule has 0 radical (unpaired) electrons. The first-order valence-corrected chi connectivity index (χ1v) is 7.15. The third kappa shape index (κ3) is 2.95. The molecular formula is C16H20ClN3O. The molecule has 21 heavy (non-hydrogen) atoms. The lowest BCUT2D eigenvalue weighted by molar-refractivity contribution is -0.137. The monoisotopic (exact) mass is 305 g/mol. The quantitative estimate of drug-likeness (QED) is 0.872. The topological polar surface area (TPSA) is 38.1 Å². The van der Waals surface area contributed by atoms with Gasteiger partial charge in [-0.2, -0.15) is 5.10 Å². The van der Waals surface area contributed by atoms with E-state index in [0.29, 0.717) is 5.02 Å². The largest absolute Gasteiger partial charge is 0.347 e. The highest BCUT2D eigenvalue weighted by atomic mass is 35.5. The van der Waals surface area contributed by atoms with Crippen LogP contribution < -0.4 is 0 Å². The van der Waals surface area contributed by atoms with Crippen LogP contribution in [0, 0.1) is 6.92 Å². The van der Waals surface area contributed by atoms with Gasteiger partial charge in [0.15, 0.2) is 0 Å². The highest BCUT2D eigenvalue weighted by molar-refractivity contribution is 6.30. The summed E-state index contributed by atoms with van der Waals surface area (Å²) in [6, 6.07) is 7.54. The molecular weight excluding hydrogens is 286 g/mol. The number of likely N-dealkylation sites (N-methyl/N-ethyl adjacent to an activating group) is 1. The fraction of sp³-hybridized carbons (Fsp3) is 0.375. The van der Waals surface area contributed by atoms with Crippen LogP contribution >= 0.6 is 11.6 Å². The molecule has 0 saturated carbocycles. The molecule has 2 aromatic rings. The van der Waals surface area contributed by atoms with Gasteiger partial charge >= 0.3 is 0 Å². The van der Waals surface area contributed by atoms with Crippen LogP contribution in [-0.4, -0.2) is 34.7 Å². The van der Waals surface area contributed by atoms with Crippen LogP contribution in [0.1, 0.15) is 19.4 Å². The lowest BCUT2D eigenvalue weighted by Crippen LogP contribution is -2.44. The van der Waals surface area contributed by atoms with Crippen LogP contribution in [0.3, 0.4) is 0 Å². The van der Waals surface area contributed by atoms with Gasteiger partial charge in [0.1, 0.15) is 5.54 Å². The van der Waals surface area contributed by atoms with Crippen molar-refractivity contribution in [3.63, 3.8) is 0 Å². The van der Waals surface area contributed by atoms with Crippen LogP contribution in [0.2, 0.25) is 5.02 Å². The Kier molecular flexibility index (Phi) is 4.10. The van der Waals surface area contributed by atoms with Gasteiger partial charge in [-0.05, 0) is 38.5 Å². The van der Waals surface area contributed by atoms with E-state index in [2.05, 4.69) is 5.10 Å². The van der Waals surface area contributed by atoms with E-state index in [9.17, 15) is 4.79 Å². The van der Waals surface area contributed by atoms with Crippen molar-refractivity contribution in [2.75, 3.05) is 14.1 Å². The zero-order valence-electron chi connectivity index (χ0n) is 13.0. The Morgan fingerprint density at radius 1 is 1.24 bits per heavy atom. The van der Waals surface area contributed by atoms with Gasteiger partial charge in [0.2, 0.25) is 5.91 Å². The van der Waals surface area contributed by atoms with Crippen molar-refractivity contribution < 1.29 is 4.79 Å². The summed E-state index contributed by atoms with van der Waals surface area (Å²) in [6.07, 6.45) is 1.91. The van der Waals surface area contributed by atoms with E-state index in [1.807, 2.05) is 51.2 Å².